The van der Waals surface area contributed by atoms with Crippen LogP contribution in [0.3, 0.4) is 0 Å². The molecule has 3 aromatic carbocycles. The van der Waals surface area contributed by atoms with Crippen molar-refractivity contribution in [2.75, 3.05) is 31.1 Å². The zero-order chi connectivity index (χ0) is 26.1. The summed E-state index contributed by atoms with van der Waals surface area (Å²) in [6.07, 6.45) is 3.41. The van der Waals surface area contributed by atoms with Crippen LogP contribution in [0.4, 0.5) is 5.69 Å². The van der Waals surface area contributed by atoms with Gasteiger partial charge in [-0.3, -0.25) is 4.57 Å². The number of aryl methyl sites for hydroxylation is 3. The van der Waals surface area contributed by atoms with Crippen LogP contribution >= 0.6 is 0 Å². The van der Waals surface area contributed by atoms with Crippen molar-refractivity contribution in [1.82, 2.24) is 19.7 Å². The maximum absolute atomic E-state index is 4.45. The molecule has 0 aliphatic carbocycles. The number of piperidine rings is 1. The van der Waals surface area contributed by atoms with Gasteiger partial charge in [0.1, 0.15) is 5.82 Å². The van der Waals surface area contributed by atoms with Crippen LogP contribution in [0, 0.1) is 20.8 Å². The molecule has 0 unspecified atom stereocenters. The summed E-state index contributed by atoms with van der Waals surface area (Å²) in [6, 6.07) is 26.4. The summed E-state index contributed by atoms with van der Waals surface area (Å²) < 4.78 is 2.20. The standard InChI is InChI=1S/C33H37N5/c1-24-11-4-6-13-28(24)33(29-14-7-5-12-25(29)2)27-17-21-36(22-18-27)19-10-20-37-23-32-35-34-26(3)38(32)31-16-9-8-15-30(31)37/h4-9,11-16H,10,17-23H2,1-3H3. The molecule has 0 spiro atoms. The van der Waals surface area contributed by atoms with Gasteiger partial charge in [0.15, 0.2) is 5.82 Å². The van der Waals surface area contributed by atoms with E-state index >= 15 is 0 Å². The summed E-state index contributed by atoms with van der Waals surface area (Å²) in [5.74, 6) is 1.99. The highest BCUT2D eigenvalue weighted by Crippen LogP contribution is 2.36. The Hall–Kier alpha value is -3.70. The van der Waals surface area contributed by atoms with E-state index in [-0.39, 0.29) is 0 Å². The van der Waals surface area contributed by atoms with Crippen molar-refractivity contribution in [2.45, 2.75) is 46.6 Å². The second-order valence-electron chi connectivity index (χ2n) is 10.7. The van der Waals surface area contributed by atoms with Gasteiger partial charge in [-0.1, -0.05) is 66.2 Å². The second-order valence-corrected chi connectivity index (χ2v) is 10.7. The van der Waals surface area contributed by atoms with Crippen molar-refractivity contribution in [2.24, 2.45) is 0 Å². The molecule has 0 radical (unpaired) electrons. The maximum atomic E-state index is 4.45. The van der Waals surface area contributed by atoms with E-state index < -0.39 is 0 Å². The van der Waals surface area contributed by atoms with Crippen LogP contribution in [0.1, 0.15) is 53.2 Å². The Morgan fingerprint density at radius 1 is 0.711 bits per heavy atom. The van der Waals surface area contributed by atoms with Gasteiger partial charge in [-0.25, -0.2) is 0 Å². The third kappa shape index (κ3) is 4.67. The Bertz CT molecular complexity index is 1420. The Kier molecular flexibility index (Phi) is 6.86. The number of hydrogen-bond donors (Lipinski definition) is 0. The minimum Gasteiger partial charge on any atom is -0.362 e. The molecule has 2 aliphatic heterocycles. The minimum atomic E-state index is 0.820. The van der Waals surface area contributed by atoms with E-state index in [1.165, 1.54) is 39.2 Å². The molecule has 0 amide bonds. The molecule has 1 fully saturated rings. The van der Waals surface area contributed by atoms with Crippen molar-refractivity contribution in [3.05, 3.63) is 112 Å². The fraction of sp³-hybridized carbons (Fsp3) is 0.333. The highest BCUT2D eigenvalue weighted by molar-refractivity contribution is 5.85. The fourth-order valence-electron chi connectivity index (χ4n) is 6.21. The monoisotopic (exact) mass is 503 g/mol. The molecule has 0 bridgehead atoms. The molecule has 5 heteroatoms. The van der Waals surface area contributed by atoms with Gasteiger partial charge in [0, 0.05) is 19.6 Å². The van der Waals surface area contributed by atoms with E-state index in [1.54, 1.807) is 5.57 Å². The molecule has 4 aromatic rings. The molecule has 194 valence electrons. The van der Waals surface area contributed by atoms with Gasteiger partial charge in [0.05, 0.1) is 17.9 Å². The first kappa shape index (κ1) is 24.6. The van der Waals surface area contributed by atoms with Crippen molar-refractivity contribution in [3.63, 3.8) is 0 Å². The SMILES string of the molecule is Cc1ccccc1C(=C1CCN(CCCN2Cc3nnc(C)n3-c3ccccc32)CC1)c1ccccc1C. The lowest BCUT2D eigenvalue weighted by atomic mass is 9.85. The molecule has 38 heavy (non-hydrogen) atoms. The first-order valence-corrected chi connectivity index (χ1v) is 13.9. The molecular formula is C33H37N5. The molecular weight excluding hydrogens is 466 g/mol. The number of fused-ring (bicyclic) bond motifs is 3. The van der Waals surface area contributed by atoms with Crippen molar-refractivity contribution in [3.8, 4) is 5.69 Å². The summed E-state index contributed by atoms with van der Waals surface area (Å²) >= 11 is 0. The van der Waals surface area contributed by atoms with E-state index in [1.807, 2.05) is 6.92 Å². The van der Waals surface area contributed by atoms with Gasteiger partial charge in [-0.15, -0.1) is 10.2 Å². The average molecular weight is 504 g/mol. The summed E-state index contributed by atoms with van der Waals surface area (Å²) in [5, 5.41) is 8.78. The first-order valence-electron chi connectivity index (χ1n) is 13.9. The van der Waals surface area contributed by atoms with Crippen LogP contribution in [-0.2, 0) is 6.54 Å². The molecule has 1 aromatic heterocycles. The normalized spacial score (nSPS) is 15.3. The predicted octanol–water partition coefficient (Wildman–Crippen LogP) is 6.50. The number of nitrogens with zero attached hydrogens (tertiary/aromatic N) is 5. The molecule has 2 aliphatic rings. The molecule has 5 nitrogen and oxygen atoms in total. The van der Waals surface area contributed by atoms with E-state index in [2.05, 4.69) is 111 Å². The first-order chi connectivity index (χ1) is 18.6. The molecule has 3 heterocycles. The average Bonchev–Trinajstić information content (AvgIpc) is 3.32. The molecule has 0 N–H and O–H groups in total. The van der Waals surface area contributed by atoms with E-state index in [0.29, 0.717) is 0 Å². The number of likely N-dealkylation sites (tertiary alicyclic amines) is 1. The number of hydrogen-bond acceptors (Lipinski definition) is 4. The van der Waals surface area contributed by atoms with Gasteiger partial charge in [-0.2, -0.15) is 0 Å². The minimum absolute atomic E-state index is 0.820. The number of aromatic nitrogens is 3. The number of anilines is 1. The topological polar surface area (TPSA) is 37.2 Å². The lowest BCUT2D eigenvalue weighted by Crippen LogP contribution is -2.35. The third-order valence-corrected chi connectivity index (χ3v) is 8.23. The lowest BCUT2D eigenvalue weighted by molar-refractivity contribution is 0.254. The summed E-state index contributed by atoms with van der Waals surface area (Å²) in [4.78, 5) is 5.13. The summed E-state index contributed by atoms with van der Waals surface area (Å²) in [5.41, 5.74) is 11.0. The summed E-state index contributed by atoms with van der Waals surface area (Å²) in [7, 11) is 0. The molecule has 6 rings (SSSR count). The Morgan fingerprint density at radius 3 is 1.97 bits per heavy atom. The van der Waals surface area contributed by atoms with E-state index in [4.69, 9.17) is 0 Å². The van der Waals surface area contributed by atoms with Gasteiger partial charge >= 0.3 is 0 Å². The van der Waals surface area contributed by atoms with Gasteiger partial charge in [0.2, 0.25) is 0 Å². The van der Waals surface area contributed by atoms with E-state index in [9.17, 15) is 0 Å². The van der Waals surface area contributed by atoms with Crippen molar-refractivity contribution < 1.29 is 0 Å². The Balaban J connectivity index is 1.14. The van der Waals surface area contributed by atoms with Crippen LogP contribution in [0.25, 0.3) is 11.3 Å². The van der Waals surface area contributed by atoms with Crippen LogP contribution in [-0.4, -0.2) is 45.8 Å². The molecule has 0 saturated carbocycles. The van der Waals surface area contributed by atoms with Crippen LogP contribution in [0.2, 0.25) is 0 Å². The van der Waals surface area contributed by atoms with Crippen LogP contribution < -0.4 is 4.90 Å². The smallest absolute Gasteiger partial charge is 0.157 e. The third-order valence-electron chi connectivity index (χ3n) is 8.23. The van der Waals surface area contributed by atoms with E-state index in [0.717, 1.165) is 63.6 Å². The highest BCUT2D eigenvalue weighted by atomic mass is 15.3. The second kappa shape index (κ2) is 10.6. The Morgan fingerprint density at radius 2 is 1.32 bits per heavy atom. The zero-order valence-electron chi connectivity index (χ0n) is 22.8. The Labute approximate surface area is 226 Å². The van der Waals surface area contributed by atoms with Crippen LogP contribution in [0.5, 0.6) is 0 Å². The van der Waals surface area contributed by atoms with Crippen molar-refractivity contribution in [1.29, 1.82) is 0 Å². The van der Waals surface area contributed by atoms with Gasteiger partial charge < -0.3 is 9.80 Å². The van der Waals surface area contributed by atoms with Crippen molar-refractivity contribution >= 4 is 11.3 Å². The maximum Gasteiger partial charge on any atom is 0.157 e. The van der Waals surface area contributed by atoms with Gasteiger partial charge in [0.25, 0.3) is 0 Å². The largest absolute Gasteiger partial charge is 0.362 e. The summed E-state index contributed by atoms with van der Waals surface area (Å²) in [6.45, 7) is 11.7. The number of rotatable bonds is 6. The van der Waals surface area contributed by atoms with Gasteiger partial charge in [-0.05, 0) is 86.5 Å². The fourth-order valence-corrected chi connectivity index (χ4v) is 6.21. The lowest BCUT2D eigenvalue weighted by Gasteiger charge is -2.34. The molecule has 1 saturated heterocycles. The van der Waals surface area contributed by atoms with Crippen LogP contribution in [0.15, 0.2) is 78.4 Å². The molecule has 0 atom stereocenters. The number of benzene rings is 3. The zero-order valence-corrected chi connectivity index (χ0v) is 22.8. The highest BCUT2D eigenvalue weighted by Gasteiger charge is 2.25. The quantitative estimate of drug-likeness (QED) is 0.301. The number of para-hydroxylation sites is 2. The predicted molar refractivity (Wildman–Crippen MR) is 156 cm³/mol.